The summed E-state index contributed by atoms with van der Waals surface area (Å²) in [4.78, 5) is 26.4. The molecule has 26 heavy (non-hydrogen) atoms. The molecule has 4 heterocycles. The molecule has 0 saturated carbocycles. The first-order valence-corrected chi connectivity index (χ1v) is 8.72. The van der Waals surface area contributed by atoms with E-state index >= 15 is 0 Å². The SMILES string of the molecule is Cc1cnc(-c2nc(N)c3nc(Sc4ncc(C)n4C)ccc3n2)cn1. The van der Waals surface area contributed by atoms with Crippen molar-refractivity contribution in [3.05, 3.63) is 42.1 Å². The summed E-state index contributed by atoms with van der Waals surface area (Å²) in [7, 11) is 1.97. The van der Waals surface area contributed by atoms with E-state index in [4.69, 9.17) is 5.73 Å². The number of imidazole rings is 1. The lowest BCUT2D eigenvalue weighted by atomic mass is 10.3. The summed E-state index contributed by atoms with van der Waals surface area (Å²) in [6, 6.07) is 3.78. The van der Waals surface area contributed by atoms with Gasteiger partial charge in [-0.15, -0.1) is 0 Å². The summed E-state index contributed by atoms with van der Waals surface area (Å²) >= 11 is 1.47. The quantitative estimate of drug-likeness (QED) is 0.591. The molecule has 4 aromatic rings. The second-order valence-electron chi connectivity index (χ2n) is 5.84. The highest BCUT2D eigenvalue weighted by molar-refractivity contribution is 7.99. The largest absolute Gasteiger partial charge is 0.382 e. The number of hydrogen-bond donors (Lipinski definition) is 1. The highest BCUT2D eigenvalue weighted by atomic mass is 32.2. The minimum absolute atomic E-state index is 0.311. The van der Waals surface area contributed by atoms with E-state index in [0.29, 0.717) is 28.4 Å². The van der Waals surface area contributed by atoms with Gasteiger partial charge in [0.25, 0.3) is 0 Å². The third-order valence-electron chi connectivity index (χ3n) is 3.93. The van der Waals surface area contributed by atoms with Crippen LogP contribution >= 0.6 is 11.8 Å². The van der Waals surface area contributed by atoms with Crippen molar-refractivity contribution < 1.29 is 0 Å². The lowest BCUT2D eigenvalue weighted by Gasteiger charge is -2.07. The van der Waals surface area contributed by atoms with Crippen LogP contribution in [0.5, 0.6) is 0 Å². The lowest BCUT2D eigenvalue weighted by Crippen LogP contribution is -2.01. The third-order valence-corrected chi connectivity index (χ3v) is 4.93. The summed E-state index contributed by atoms with van der Waals surface area (Å²) in [5.41, 5.74) is 9.84. The third kappa shape index (κ3) is 2.97. The van der Waals surface area contributed by atoms with Gasteiger partial charge in [-0.3, -0.25) is 4.98 Å². The van der Waals surface area contributed by atoms with Crippen LogP contribution in [0.15, 0.2) is 40.9 Å². The van der Waals surface area contributed by atoms with Gasteiger partial charge in [0.1, 0.15) is 16.2 Å². The van der Waals surface area contributed by atoms with E-state index in [1.165, 1.54) is 11.8 Å². The molecule has 0 bridgehead atoms. The summed E-state index contributed by atoms with van der Waals surface area (Å²) in [5, 5.41) is 1.64. The average Bonchev–Trinajstić information content (AvgIpc) is 2.95. The minimum atomic E-state index is 0.311. The fourth-order valence-corrected chi connectivity index (χ4v) is 3.21. The Balaban J connectivity index is 1.73. The smallest absolute Gasteiger partial charge is 0.182 e. The summed E-state index contributed by atoms with van der Waals surface area (Å²) in [6.45, 7) is 3.88. The van der Waals surface area contributed by atoms with Gasteiger partial charge in [0.05, 0.1) is 17.4 Å². The fourth-order valence-electron chi connectivity index (χ4n) is 2.36. The predicted molar refractivity (Wildman–Crippen MR) is 99.6 cm³/mol. The molecule has 4 rings (SSSR count). The molecule has 0 atom stereocenters. The summed E-state index contributed by atoms with van der Waals surface area (Å²) < 4.78 is 2.01. The zero-order valence-electron chi connectivity index (χ0n) is 14.5. The number of nitrogens with zero attached hydrogens (tertiary/aromatic N) is 7. The van der Waals surface area contributed by atoms with E-state index in [-0.39, 0.29) is 0 Å². The topological polar surface area (TPSA) is 108 Å². The van der Waals surface area contributed by atoms with E-state index in [9.17, 15) is 0 Å². The number of nitrogen functional groups attached to an aromatic ring is 1. The van der Waals surface area contributed by atoms with Crippen LogP contribution in [0.3, 0.4) is 0 Å². The van der Waals surface area contributed by atoms with Crippen molar-refractivity contribution in [2.45, 2.75) is 24.0 Å². The molecule has 0 unspecified atom stereocenters. The number of hydrogen-bond acceptors (Lipinski definition) is 8. The monoisotopic (exact) mass is 364 g/mol. The van der Waals surface area contributed by atoms with Crippen molar-refractivity contribution in [2.75, 3.05) is 5.73 Å². The van der Waals surface area contributed by atoms with Crippen LogP contribution in [-0.2, 0) is 7.05 Å². The van der Waals surface area contributed by atoms with Crippen molar-refractivity contribution in [1.82, 2.24) is 34.5 Å². The van der Waals surface area contributed by atoms with Crippen LogP contribution in [0.1, 0.15) is 11.4 Å². The maximum absolute atomic E-state index is 6.13. The Hall–Kier alpha value is -3.07. The molecule has 0 aliphatic carbocycles. The van der Waals surface area contributed by atoms with Gasteiger partial charge in [-0.2, -0.15) is 0 Å². The highest BCUT2D eigenvalue weighted by Gasteiger charge is 2.12. The highest BCUT2D eigenvalue weighted by Crippen LogP contribution is 2.28. The molecule has 130 valence electrons. The molecule has 0 radical (unpaired) electrons. The molecular formula is C17H16N8S. The van der Waals surface area contributed by atoms with Crippen LogP contribution < -0.4 is 5.73 Å². The first kappa shape index (κ1) is 16.4. The van der Waals surface area contributed by atoms with Crippen LogP contribution in [0.4, 0.5) is 5.82 Å². The summed E-state index contributed by atoms with van der Waals surface area (Å²) in [6.07, 6.45) is 5.14. The Morgan fingerprint density at radius 2 is 1.81 bits per heavy atom. The maximum atomic E-state index is 6.13. The molecule has 8 nitrogen and oxygen atoms in total. The van der Waals surface area contributed by atoms with Crippen molar-refractivity contribution in [1.29, 1.82) is 0 Å². The zero-order valence-corrected chi connectivity index (χ0v) is 15.3. The van der Waals surface area contributed by atoms with Gasteiger partial charge in [-0.1, -0.05) is 0 Å². The molecule has 4 aromatic heterocycles. The number of anilines is 1. The van der Waals surface area contributed by atoms with Crippen molar-refractivity contribution in [3.63, 3.8) is 0 Å². The Morgan fingerprint density at radius 3 is 2.50 bits per heavy atom. The molecule has 0 aliphatic rings. The van der Waals surface area contributed by atoms with Gasteiger partial charge in [0, 0.05) is 25.1 Å². The standard InChI is InChI=1S/C17H16N8S/c1-9-6-20-12(8-19-9)16-22-11-4-5-13(23-14(11)15(18)24-16)26-17-21-7-10(2)25(17)3/h4-8H,1-3H3,(H2,18,22,24). The molecule has 2 N–H and O–H groups in total. The number of nitrogens with two attached hydrogens (primary N) is 1. The summed E-state index contributed by atoms with van der Waals surface area (Å²) in [5.74, 6) is 0.746. The van der Waals surface area contributed by atoms with Gasteiger partial charge in [0.15, 0.2) is 16.8 Å². The minimum Gasteiger partial charge on any atom is -0.382 e. The Bertz CT molecular complexity index is 1100. The van der Waals surface area contributed by atoms with Gasteiger partial charge in [-0.25, -0.2) is 24.9 Å². The molecule has 0 aromatic carbocycles. The first-order chi connectivity index (χ1) is 12.5. The van der Waals surface area contributed by atoms with Crippen molar-refractivity contribution in [3.8, 4) is 11.5 Å². The zero-order chi connectivity index (χ0) is 18.3. The normalized spacial score (nSPS) is 11.2. The second kappa shape index (κ2) is 6.34. The van der Waals surface area contributed by atoms with Gasteiger partial charge < -0.3 is 10.3 Å². The van der Waals surface area contributed by atoms with E-state index in [2.05, 4.69) is 29.9 Å². The molecule has 0 fully saturated rings. The van der Waals surface area contributed by atoms with E-state index < -0.39 is 0 Å². The van der Waals surface area contributed by atoms with Crippen molar-refractivity contribution in [2.24, 2.45) is 7.05 Å². The fraction of sp³-hybridized carbons (Fsp3) is 0.176. The molecule has 0 aliphatic heterocycles. The first-order valence-electron chi connectivity index (χ1n) is 7.91. The average molecular weight is 364 g/mol. The molecule has 0 spiro atoms. The van der Waals surface area contributed by atoms with Gasteiger partial charge in [-0.05, 0) is 37.7 Å². The molecule has 0 amide bonds. The second-order valence-corrected chi connectivity index (χ2v) is 6.82. The maximum Gasteiger partial charge on any atom is 0.182 e. The lowest BCUT2D eigenvalue weighted by molar-refractivity contribution is 0.765. The molecule has 9 heteroatoms. The number of rotatable bonds is 3. The Kier molecular flexibility index (Phi) is 4.00. The number of pyridine rings is 1. The van der Waals surface area contributed by atoms with Crippen LogP contribution in [0.2, 0.25) is 0 Å². The Morgan fingerprint density at radius 1 is 0.962 bits per heavy atom. The van der Waals surface area contributed by atoms with Gasteiger partial charge in [0.2, 0.25) is 0 Å². The molecule has 0 saturated heterocycles. The number of aromatic nitrogens is 7. The van der Waals surface area contributed by atoms with Crippen LogP contribution in [-0.4, -0.2) is 34.5 Å². The van der Waals surface area contributed by atoms with Crippen LogP contribution in [0.25, 0.3) is 22.6 Å². The van der Waals surface area contributed by atoms with Gasteiger partial charge >= 0.3 is 0 Å². The predicted octanol–water partition coefficient (Wildman–Crippen LogP) is 2.57. The number of fused-ring (bicyclic) bond motifs is 1. The Labute approximate surface area is 154 Å². The van der Waals surface area contributed by atoms with E-state index in [1.807, 2.05) is 43.8 Å². The van der Waals surface area contributed by atoms with E-state index in [1.54, 1.807) is 12.4 Å². The number of aryl methyl sites for hydroxylation is 2. The van der Waals surface area contributed by atoms with Crippen molar-refractivity contribution >= 4 is 28.6 Å². The van der Waals surface area contributed by atoms with E-state index in [0.717, 1.165) is 21.6 Å². The molecular weight excluding hydrogens is 348 g/mol. The van der Waals surface area contributed by atoms with Crippen LogP contribution in [0, 0.1) is 13.8 Å².